The van der Waals surface area contributed by atoms with Crippen LogP contribution in [0.3, 0.4) is 0 Å². The Morgan fingerprint density at radius 3 is 2.39 bits per heavy atom. The number of hydrogen-bond acceptors (Lipinski definition) is 8. The zero-order valence-corrected chi connectivity index (χ0v) is 24.7. The summed E-state index contributed by atoms with van der Waals surface area (Å²) in [6, 6.07) is 8.83. The number of benzene rings is 2. The number of esters is 1. The van der Waals surface area contributed by atoms with E-state index in [4.69, 9.17) is 9.47 Å². The summed E-state index contributed by atoms with van der Waals surface area (Å²) in [5, 5.41) is 4.33. The van der Waals surface area contributed by atoms with Crippen molar-refractivity contribution in [3.63, 3.8) is 0 Å². The van der Waals surface area contributed by atoms with E-state index < -0.39 is 69.0 Å². The molecule has 232 valence electrons. The molecule has 0 aliphatic rings. The molecule has 0 aliphatic heterocycles. The van der Waals surface area contributed by atoms with Crippen LogP contribution < -0.4 is 4.31 Å². The first-order valence-corrected chi connectivity index (χ1v) is 14.7. The molecule has 1 amide bonds. The van der Waals surface area contributed by atoms with E-state index in [0.717, 1.165) is 35.2 Å². The van der Waals surface area contributed by atoms with E-state index >= 15 is 8.78 Å². The summed E-state index contributed by atoms with van der Waals surface area (Å²) in [5.41, 5.74) is -0.591. The van der Waals surface area contributed by atoms with Crippen LogP contribution in [-0.4, -0.2) is 67.1 Å². The number of nitrogens with zero attached hydrogens (tertiary/aromatic N) is 5. The number of carbonyl (C=O) groups is 2. The van der Waals surface area contributed by atoms with Crippen LogP contribution >= 0.6 is 0 Å². The minimum absolute atomic E-state index is 0.0624. The van der Waals surface area contributed by atoms with Crippen molar-refractivity contribution < 1.29 is 40.7 Å². The number of aryl methyl sites for hydroxylation is 1. The summed E-state index contributed by atoms with van der Waals surface area (Å²) < 4.78 is 85.2. The molecule has 2 aromatic carbocycles. The summed E-state index contributed by atoms with van der Waals surface area (Å²) in [6.45, 7) is 2.13. The minimum Gasteiger partial charge on any atom is -0.465 e. The average Bonchev–Trinajstić information content (AvgIpc) is 3.42. The zero-order chi connectivity index (χ0) is 32.0. The second-order valence-corrected chi connectivity index (χ2v) is 11.1. The lowest BCUT2D eigenvalue weighted by Gasteiger charge is -2.26. The lowest BCUT2D eigenvalue weighted by atomic mass is 10.0. The molecular weight excluding hydrogens is 603 g/mol. The first-order chi connectivity index (χ1) is 21.0. The molecule has 4 aromatic rings. The highest BCUT2D eigenvalue weighted by molar-refractivity contribution is 7.92. The number of sulfonamides is 1. The van der Waals surface area contributed by atoms with Gasteiger partial charge in [-0.15, -0.1) is 0 Å². The lowest BCUT2D eigenvalue weighted by Crippen LogP contribution is -2.39. The largest absolute Gasteiger partial charge is 0.465 e. The summed E-state index contributed by atoms with van der Waals surface area (Å²) in [6.07, 6.45) is 3.42. The molecule has 0 N–H and O–H groups in total. The van der Waals surface area contributed by atoms with E-state index in [-0.39, 0.29) is 12.3 Å². The van der Waals surface area contributed by atoms with Gasteiger partial charge in [-0.25, -0.2) is 30.7 Å². The second kappa shape index (κ2) is 13.6. The Bertz CT molecular complexity index is 1770. The van der Waals surface area contributed by atoms with Gasteiger partial charge >= 0.3 is 12.1 Å². The molecule has 0 fully saturated rings. The van der Waals surface area contributed by atoms with Crippen LogP contribution in [0.5, 0.6) is 0 Å². The van der Waals surface area contributed by atoms with Crippen molar-refractivity contribution in [1.82, 2.24) is 19.7 Å². The monoisotopic (exact) mass is 631 g/mol. The molecule has 0 radical (unpaired) electrons. The third-order valence-corrected chi connectivity index (χ3v) is 8.06. The van der Waals surface area contributed by atoms with Gasteiger partial charge in [-0.05, 0) is 61.9 Å². The molecular formula is C29H28F3N5O6S. The predicted molar refractivity (Wildman–Crippen MR) is 153 cm³/mol. The molecule has 0 aliphatic carbocycles. The summed E-state index contributed by atoms with van der Waals surface area (Å²) in [5.74, 6) is -4.03. The SMILES string of the molecule is CCOC(=O)CN(C)C(=O)OCN(c1ccc(F)c(-c2nn(CC)cc2-c2ccncc2)c1F)S(=O)(=O)c1cccc(F)c1. The maximum atomic E-state index is 16.4. The van der Waals surface area contributed by atoms with E-state index in [1.165, 1.54) is 24.1 Å². The third-order valence-electron chi connectivity index (χ3n) is 6.33. The number of pyridine rings is 1. The van der Waals surface area contributed by atoms with Gasteiger partial charge in [-0.3, -0.25) is 14.5 Å². The van der Waals surface area contributed by atoms with Crippen molar-refractivity contribution in [3.05, 3.63) is 84.6 Å². The normalized spacial score (nSPS) is 11.2. The smallest absolute Gasteiger partial charge is 0.411 e. The fraction of sp³-hybridized carbons (Fsp3) is 0.241. The van der Waals surface area contributed by atoms with E-state index in [2.05, 4.69) is 10.1 Å². The Morgan fingerprint density at radius 2 is 1.73 bits per heavy atom. The average molecular weight is 632 g/mol. The molecule has 11 nitrogen and oxygen atoms in total. The number of likely N-dealkylation sites (N-methyl/N-ethyl adjacent to an activating group) is 1. The fourth-order valence-electron chi connectivity index (χ4n) is 4.17. The molecule has 0 atom stereocenters. The molecule has 44 heavy (non-hydrogen) atoms. The number of ether oxygens (including phenoxy) is 2. The second-order valence-electron chi connectivity index (χ2n) is 9.25. The van der Waals surface area contributed by atoms with Crippen molar-refractivity contribution >= 4 is 27.8 Å². The Hall–Kier alpha value is -4.92. The number of anilines is 1. The maximum Gasteiger partial charge on any atom is 0.411 e. The molecule has 0 unspecified atom stereocenters. The minimum atomic E-state index is -4.82. The molecule has 2 aromatic heterocycles. The molecule has 2 heterocycles. The number of carbonyl (C=O) groups excluding carboxylic acids is 2. The van der Waals surface area contributed by atoms with Crippen molar-refractivity contribution in [1.29, 1.82) is 0 Å². The molecule has 0 bridgehead atoms. The summed E-state index contributed by atoms with van der Waals surface area (Å²) >= 11 is 0. The van der Waals surface area contributed by atoms with Crippen LogP contribution in [0.4, 0.5) is 23.7 Å². The zero-order valence-electron chi connectivity index (χ0n) is 23.9. The number of amides is 1. The van der Waals surface area contributed by atoms with Crippen LogP contribution in [0.2, 0.25) is 0 Å². The lowest BCUT2D eigenvalue weighted by molar-refractivity contribution is -0.143. The Labute approximate surface area is 251 Å². The van der Waals surface area contributed by atoms with Crippen molar-refractivity contribution in [2.45, 2.75) is 25.3 Å². The van der Waals surface area contributed by atoms with E-state index in [0.29, 0.717) is 28.0 Å². The van der Waals surface area contributed by atoms with Gasteiger partial charge in [0.2, 0.25) is 0 Å². The molecule has 4 rings (SSSR count). The van der Waals surface area contributed by atoms with Crippen molar-refractivity contribution in [2.75, 3.05) is 31.2 Å². The first kappa shape index (κ1) is 32.0. The third kappa shape index (κ3) is 6.83. The topological polar surface area (TPSA) is 124 Å². The molecule has 0 spiro atoms. The predicted octanol–water partition coefficient (Wildman–Crippen LogP) is 4.83. The Balaban J connectivity index is 1.82. The fourth-order valence-corrected chi connectivity index (χ4v) is 5.53. The van der Waals surface area contributed by atoms with Crippen LogP contribution in [0, 0.1) is 17.5 Å². The van der Waals surface area contributed by atoms with E-state index in [1.807, 2.05) is 0 Å². The van der Waals surface area contributed by atoms with Gasteiger partial charge < -0.3 is 14.4 Å². The molecule has 15 heteroatoms. The van der Waals surface area contributed by atoms with Crippen molar-refractivity contribution in [2.24, 2.45) is 0 Å². The van der Waals surface area contributed by atoms with Gasteiger partial charge in [0.15, 0.2) is 12.5 Å². The standard InChI is InChI=1S/C29H28F3N5O6S/c1-4-36-16-22(19-11-13-33-14-12-19)28(34-36)26-23(31)9-10-24(27(26)32)37(44(40,41)21-8-6-7-20(30)15-21)18-43-29(39)35(3)17-25(38)42-5-2/h6-16H,4-5,17-18H2,1-3H3. The van der Waals surface area contributed by atoms with Gasteiger partial charge in [0, 0.05) is 37.7 Å². The van der Waals surface area contributed by atoms with E-state index in [1.54, 1.807) is 32.2 Å². The highest BCUT2D eigenvalue weighted by atomic mass is 32.2. The van der Waals surface area contributed by atoms with Crippen molar-refractivity contribution in [3.8, 4) is 22.4 Å². The van der Waals surface area contributed by atoms with Gasteiger partial charge in [-0.2, -0.15) is 5.10 Å². The maximum absolute atomic E-state index is 16.4. The number of aromatic nitrogens is 3. The Kier molecular flexibility index (Phi) is 9.88. The quantitative estimate of drug-likeness (QED) is 0.170. The molecule has 0 saturated carbocycles. The van der Waals surface area contributed by atoms with Gasteiger partial charge in [0.05, 0.1) is 22.8 Å². The van der Waals surface area contributed by atoms with Gasteiger partial charge in [-0.1, -0.05) is 6.07 Å². The highest BCUT2D eigenvalue weighted by Gasteiger charge is 2.32. The van der Waals surface area contributed by atoms with Gasteiger partial charge in [0.1, 0.15) is 23.9 Å². The van der Waals surface area contributed by atoms with Gasteiger partial charge in [0.25, 0.3) is 10.0 Å². The van der Waals surface area contributed by atoms with Crippen LogP contribution in [0.25, 0.3) is 22.4 Å². The van der Waals surface area contributed by atoms with E-state index in [9.17, 15) is 22.4 Å². The summed E-state index contributed by atoms with van der Waals surface area (Å²) in [7, 11) is -3.62. The number of halogens is 3. The Morgan fingerprint density at radius 1 is 1.00 bits per heavy atom. The number of rotatable bonds is 11. The molecule has 0 saturated heterocycles. The number of hydrogen-bond donors (Lipinski definition) is 0. The summed E-state index contributed by atoms with van der Waals surface area (Å²) in [4.78, 5) is 28.6. The van der Waals surface area contributed by atoms with Crippen LogP contribution in [0.1, 0.15) is 13.8 Å². The highest BCUT2D eigenvalue weighted by Crippen LogP contribution is 2.38. The van der Waals surface area contributed by atoms with Crippen LogP contribution in [0.15, 0.2) is 72.0 Å². The van der Waals surface area contributed by atoms with Crippen LogP contribution in [-0.2, 0) is 30.8 Å². The first-order valence-electron chi connectivity index (χ1n) is 13.3.